The van der Waals surface area contributed by atoms with Crippen LogP contribution in [0.25, 0.3) is 0 Å². The number of hydrogen-bond donors (Lipinski definition) is 1. The summed E-state index contributed by atoms with van der Waals surface area (Å²) in [6, 6.07) is 6.50. The molecule has 3 heteroatoms. The summed E-state index contributed by atoms with van der Waals surface area (Å²) in [7, 11) is 0. The molecule has 1 aliphatic rings. The minimum absolute atomic E-state index is 0.00312. The van der Waals surface area contributed by atoms with Gasteiger partial charge in [-0.1, -0.05) is 37.5 Å². The zero-order valence-corrected chi connectivity index (χ0v) is 9.78. The lowest BCUT2D eigenvalue weighted by Crippen LogP contribution is -2.22. The first-order valence-corrected chi connectivity index (χ1v) is 6.26. The predicted molar refractivity (Wildman–Crippen MR) is 63.4 cm³/mol. The van der Waals surface area contributed by atoms with Crippen molar-refractivity contribution in [2.75, 3.05) is 0 Å². The molecule has 0 amide bonds. The zero-order chi connectivity index (χ0) is 12.3. The van der Waals surface area contributed by atoms with Gasteiger partial charge >= 0.3 is 0 Å². The molecule has 0 bridgehead atoms. The van der Waals surface area contributed by atoms with Crippen LogP contribution in [-0.4, -0.2) is 11.5 Å². The Balaban J connectivity index is 2.25. The van der Waals surface area contributed by atoms with Gasteiger partial charge in [0.15, 0.2) is 0 Å². The molecule has 1 aromatic carbocycles. The number of benzene rings is 1. The van der Waals surface area contributed by atoms with Crippen LogP contribution in [0.5, 0.6) is 5.75 Å². The summed E-state index contributed by atoms with van der Waals surface area (Å²) >= 11 is 0. The van der Waals surface area contributed by atoms with Crippen molar-refractivity contribution in [3.05, 3.63) is 29.8 Å². The lowest BCUT2D eigenvalue weighted by molar-refractivity contribution is 0.0730. The largest absolute Gasteiger partial charge is 0.508 e. The highest BCUT2D eigenvalue weighted by atomic mass is 19.3. The van der Waals surface area contributed by atoms with E-state index in [1.807, 2.05) is 0 Å². The first-order valence-electron chi connectivity index (χ1n) is 6.26. The Morgan fingerprint density at radius 3 is 2.29 bits per heavy atom. The van der Waals surface area contributed by atoms with Gasteiger partial charge in [0.1, 0.15) is 5.75 Å². The summed E-state index contributed by atoms with van der Waals surface area (Å²) in [5.41, 5.74) is 0.411. The Morgan fingerprint density at radius 1 is 1.06 bits per heavy atom. The summed E-state index contributed by atoms with van der Waals surface area (Å²) in [5.74, 6) is -0.795. The smallest absolute Gasteiger partial charge is 0.245 e. The molecular weight excluding hydrogens is 222 g/mol. The summed E-state index contributed by atoms with van der Waals surface area (Å²) in [4.78, 5) is 0. The van der Waals surface area contributed by atoms with Crippen molar-refractivity contribution in [1.29, 1.82) is 0 Å². The molecule has 2 rings (SSSR count). The molecule has 1 unspecified atom stereocenters. The molecular formula is C14H18F2O. The maximum absolute atomic E-state index is 13.2. The van der Waals surface area contributed by atoms with E-state index < -0.39 is 12.3 Å². The van der Waals surface area contributed by atoms with Crippen molar-refractivity contribution in [2.45, 2.75) is 44.4 Å². The first-order chi connectivity index (χ1) is 8.20. The van der Waals surface area contributed by atoms with Crippen LogP contribution in [0.2, 0.25) is 0 Å². The van der Waals surface area contributed by atoms with E-state index in [2.05, 4.69) is 0 Å². The number of halogens is 2. The monoisotopic (exact) mass is 240 g/mol. The summed E-state index contributed by atoms with van der Waals surface area (Å²) in [5, 5.41) is 9.73. The van der Waals surface area contributed by atoms with Gasteiger partial charge in [-0.25, -0.2) is 8.78 Å². The fourth-order valence-electron chi connectivity index (χ4n) is 2.86. The van der Waals surface area contributed by atoms with Gasteiger partial charge in [0, 0.05) is 5.56 Å². The van der Waals surface area contributed by atoms with Crippen molar-refractivity contribution in [3.8, 4) is 5.75 Å². The lowest BCUT2D eigenvalue weighted by Gasteiger charge is -2.30. The molecule has 17 heavy (non-hydrogen) atoms. The Bertz CT molecular complexity index is 359. The lowest BCUT2D eigenvalue weighted by atomic mass is 9.77. The van der Waals surface area contributed by atoms with Gasteiger partial charge in [0.05, 0.1) is 5.92 Å². The van der Waals surface area contributed by atoms with Crippen molar-refractivity contribution < 1.29 is 13.9 Å². The quantitative estimate of drug-likeness (QED) is 0.834. The van der Waals surface area contributed by atoms with E-state index in [0.717, 1.165) is 32.1 Å². The molecule has 94 valence electrons. The maximum Gasteiger partial charge on any atom is 0.245 e. The van der Waals surface area contributed by atoms with Gasteiger partial charge in [0.25, 0.3) is 0 Å². The summed E-state index contributed by atoms with van der Waals surface area (Å²) in [6.07, 6.45) is 2.51. The number of phenols is 1. The van der Waals surface area contributed by atoms with Crippen LogP contribution in [0.15, 0.2) is 24.3 Å². The predicted octanol–water partition coefficient (Wildman–Crippen LogP) is 4.32. The van der Waals surface area contributed by atoms with Gasteiger partial charge in [-0.15, -0.1) is 0 Å². The molecule has 1 nitrogen and oxygen atoms in total. The topological polar surface area (TPSA) is 20.2 Å². The summed E-state index contributed by atoms with van der Waals surface area (Å²) < 4.78 is 26.5. The molecule has 1 fully saturated rings. The normalized spacial score (nSPS) is 19.5. The van der Waals surface area contributed by atoms with Crippen LogP contribution in [0.3, 0.4) is 0 Å². The molecule has 0 spiro atoms. The highest BCUT2D eigenvalue weighted by molar-refractivity contribution is 5.35. The van der Waals surface area contributed by atoms with Crippen molar-refractivity contribution in [1.82, 2.24) is 0 Å². The van der Waals surface area contributed by atoms with E-state index in [1.165, 1.54) is 6.07 Å². The second-order valence-corrected chi connectivity index (χ2v) is 4.82. The van der Waals surface area contributed by atoms with Crippen molar-refractivity contribution >= 4 is 0 Å². The van der Waals surface area contributed by atoms with Crippen molar-refractivity contribution in [3.63, 3.8) is 0 Å². The van der Waals surface area contributed by atoms with E-state index in [0.29, 0.717) is 5.56 Å². The third-order valence-corrected chi connectivity index (χ3v) is 3.73. The van der Waals surface area contributed by atoms with Gasteiger partial charge in [0.2, 0.25) is 6.43 Å². The van der Waals surface area contributed by atoms with Crippen molar-refractivity contribution in [2.24, 2.45) is 5.92 Å². The Labute approximate surface area is 100 Å². The van der Waals surface area contributed by atoms with Gasteiger partial charge in [-0.05, 0) is 24.8 Å². The SMILES string of the molecule is Oc1ccccc1C(C(F)F)C1CCCCC1. The van der Waals surface area contributed by atoms with Gasteiger partial charge < -0.3 is 5.11 Å². The fourth-order valence-corrected chi connectivity index (χ4v) is 2.86. The molecule has 0 radical (unpaired) electrons. The number of alkyl halides is 2. The Morgan fingerprint density at radius 2 is 1.71 bits per heavy atom. The minimum Gasteiger partial charge on any atom is -0.508 e. The highest BCUT2D eigenvalue weighted by Crippen LogP contribution is 2.42. The third kappa shape index (κ3) is 2.76. The van der Waals surface area contributed by atoms with Crippen LogP contribution >= 0.6 is 0 Å². The first kappa shape index (κ1) is 12.3. The van der Waals surface area contributed by atoms with E-state index in [9.17, 15) is 13.9 Å². The Hall–Kier alpha value is -1.12. The zero-order valence-electron chi connectivity index (χ0n) is 9.78. The molecule has 1 aromatic rings. The summed E-state index contributed by atoms with van der Waals surface area (Å²) in [6.45, 7) is 0. The molecule has 0 heterocycles. The Kier molecular flexibility index (Phi) is 3.97. The van der Waals surface area contributed by atoms with E-state index in [-0.39, 0.29) is 11.7 Å². The molecule has 0 aromatic heterocycles. The minimum atomic E-state index is -2.40. The second-order valence-electron chi connectivity index (χ2n) is 4.82. The molecule has 0 aliphatic heterocycles. The number of rotatable bonds is 3. The maximum atomic E-state index is 13.2. The van der Waals surface area contributed by atoms with E-state index in [1.54, 1.807) is 18.2 Å². The van der Waals surface area contributed by atoms with E-state index >= 15 is 0 Å². The average Bonchev–Trinajstić information content (AvgIpc) is 2.33. The third-order valence-electron chi connectivity index (χ3n) is 3.73. The van der Waals surface area contributed by atoms with Crippen LogP contribution in [0, 0.1) is 5.92 Å². The molecule has 1 aliphatic carbocycles. The van der Waals surface area contributed by atoms with Crippen LogP contribution < -0.4 is 0 Å². The molecule has 0 saturated heterocycles. The number of aromatic hydroxyl groups is 1. The van der Waals surface area contributed by atoms with Crippen LogP contribution in [0.1, 0.15) is 43.6 Å². The molecule has 1 N–H and O–H groups in total. The number of phenolic OH excluding ortho intramolecular Hbond substituents is 1. The number of hydrogen-bond acceptors (Lipinski definition) is 1. The standard InChI is InChI=1S/C14H18F2O/c15-14(16)13(10-6-2-1-3-7-10)11-8-4-5-9-12(11)17/h4-5,8-10,13-14,17H,1-3,6-7H2. The second kappa shape index (κ2) is 5.48. The van der Waals surface area contributed by atoms with Crippen LogP contribution in [0.4, 0.5) is 8.78 Å². The highest BCUT2D eigenvalue weighted by Gasteiger charge is 2.33. The number of para-hydroxylation sites is 1. The van der Waals surface area contributed by atoms with E-state index in [4.69, 9.17) is 0 Å². The molecule has 1 saturated carbocycles. The molecule has 1 atom stereocenters. The average molecular weight is 240 g/mol. The fraction of sp³-hybridized carbons (Fsp3) is 0.571. The van der Waals surface area contributed by atoms with Gasteiger partial charge in [-0.2, -0.15) is 0 Å². The van der Waals surface area contributed by atoms with Gasteiger partial charge in [-0.3, -0.25) is 0 Å². The van der Waals surface area contributed by atoms with Crippen LogP contribution in [-0.2, 0) is 0 Å².